The Morgan fingerprint density at radius 1 is 1.28 bits per heavy atom. The van der Waals surface area contributed by atoms with Crippen molar-refractivity contribution in [2.75, 3.05) is 5.75 Å². The van der Waals surface area contributed by atoms with Gasteiger partial charge in [0.2, 0.25) is 0 Å². The molecule has 1 aliphatic rings. The number of hydrogen-bond acceptors (Lipinski definition) is 5. The molecule has 6 nitrogen and oxygen atoms in total. The summed E-state index contributed by atoms with van der Waals surface area (Å²) in [4.78, 5) is 35.4. The Morgan fingerprint density at radius 3 is 2.80 bits per heavy atom. The Labute approximate surface area is 151 Å². The minimum Gasteiger partial charge on any atom is -0.344 e. The predicted octanol–water partition coefficient (Wildman–Crippen LogP) is 3.92. The Hall–Kier alpha value is -2.15. The highest BCUT2D eigenvalue weighted by molar-refractivity contribution is 8.04. The van der Waals surface area contributed by atoms with Crippen molar-refractivity contribution < 1.29 is 14.5 Å². The largest absolute Gasteiger partial charge is 0.344 e. The van der Waals surface area contributed by atoms with Gasteiger partial charge in [-0.2, -0.15) is 0 Å². The zero-order chi connectivity index (χ0) is 18.2. The Kier molecular flexibility index (Phi) is 7.18. The molecule has 0 aromatic heterocycles. The number of nitrogens with zero attached hydrogens (tertiary/aromatic N) is 1. The molecule has 0 bridgehead atoms. The maximum Gasteiger partial charge on any atom is 0.269 e. The van der Waals surface area contributed by atoms with E-state index >= 15 is 0 Å². The van der Waals surface area contributed by atoms with E-state index in [1.165, 1.54) is 36.4 Å². The first-order valence-electron chi connectivity index (χ1n) is 8.43. The Balaban J connectivity index is 2.03. The van der Waals surface area contributed by atoms with Gasteiger partial charge in [-0.15, -0.1) is 11.8 Å². The fourth-order valence-electron chi connectivity index (χ4n) is 2.63. The molecule has 0 radical (unpaired) electrons. The van der Waals surface area contributed by atoms with Crippen LogP contribution in [0.3, 0.4) is 0 Å². The third kappa shape index (κ3) is 5.70. The van der Waals surface area contributed by atoms with Gasteiger partial charge in [-0.1, -0.05) is 38.3 Å². The number of nitrogens with one attached hydrogen (secondary N) is 1. The van der Waals surface area contributed by atoms with Crippen molar-refractivity contribution in [2.24, 2.45) is 0 Å². The number of unbranched alkanes of at least 4 members (excludes halogenated alkanes) is 3. The van der Waals surface area contributed by atoms with Gasteiger partial charge in [0.05, 0.1) is 15.9 Å². The molecule has 0 fully saturated rings. The highest BCUT2D eigenvalue weighted by Crippen LogP contribution is 2.27. The number of nitro groups is 1. The van der Waals surface area contributed by atoms with E-state index in [1.807, 2.05) is 0 Å². The second-order valence-electron chi connectivity index (χ2n) is 5.97. The summed E-state index contributed by atoms with van der Waals surface area (Å²) in [6.07, 6.45) is 5.94. The van der Waals surface area contributed by atoms with Crippen LogP contribution in [-0.2, 0) is 9.59 Å². The van der Waals surface area contributed by atoms with Gasteiger partial charge in [0.25, 0.3) is 11.6 Å². The average Bonchev–Trinajstić information content (AvgIpc) is 2.73. The molecule has 1 heterocycles. The highest BCUT2D eigenvalue weighted by Gasteiger charge is 2.25. The van der Waals surface area contributed by atoms with Crippen molar-refractivity contribution in [3.05, 3.63) is 50.9 Å². The van der Waals surface area contributed by atoms with Crippen molar-refractivity contribution in [3.63, 3.8) is 0 Å². The number of ketones is 1. The third-order valence-electron chi connectivity index (χ3n) is 3.97. The van der Waals surface area contributed by atoms with Crippen LogP contribution < -0.4 is 5.32 Å². The molecule has 1 N–H and O–H groups in total. The average molecular weight is 362 g/mol. The van der Waals surface area contributed by atoms with Gasteiger partial charge in [-0.3, -0.25) is 19.7 Å². The van der Waals surface area contributed by atoms with E-state index in [9.17, 15) is 19.7 Å². The van der Waals surface area contributed by atoms with Crippen molar-refractivity contribution in [2.45, 2.75) is 45.1 Å². The summed E-state index contributed by atoms with van der Waals surface area (Å²) in [5, 5.41) is 13.7. The molecule has 1 amide bonds. The lowest BCUT2D eigenvalue weighted by molar-refractivity contribution is -0.384. The topological polar surface area (TPSA) is 89.3 Å². The Morgan fingerprint density at radius 2 is 2.08 bits per heavy atom. The van der Waals surface area contributed by atoms with Crippen molar-refractivity contribution >= 4 is 29.1 Å². The minimum atomic E-state index is -0.547. The van der Waals surface area contributed by atoms with Gasteiger partial charge in [0.15, 0.2) is 5.78 Å². The summed E-state index contributed by atoms with van der Waals surface area (Å²) in [5.74, 6) is 0.363. The van der Waals surface area contributed by atoms with Gasteiger partial charge in [-0.25, -0.2) is 0 Å². The normalized spacial score (nSPS) is 17.6. The number of allylic oxidation sites excluding steroid dienone is 1. The van der Waals surface area contributed by atoms with Crippen molar-refractivity contribution in [3.8, 4) is 0 Å². The second-order valence-corrected chi connectivity index (χ2v) is 7.10. The monoisotopic (exact) mass is 362 g/mol. The summed E-state index contributed by atoms with van der Waals surface area (Å²) in [6, 6.07) is 5.50. The van der Waals surface area contributed by atoms with Gasteiger partial charge in [0.1, 0.15) is 0 Å². The SMILES string of the molecule is CCCCCCSC1=CC(=O)CC(c2cccc([N+](=O)[O-])c2)NC1=O. The fourth-order valence-corrected chi connectivity index (χ4v) is 3.60. The summed E-state index contributed by atoms with van der Waals surface area (Å²) >= 11 is 1.40. The molecule has 134 valence electrons. The van der Waals surface area contributed by atoms with E-state index in [-0.39, 0.29) is 23.8 Å². The minimum absolute atomic E-state index is 0.0538. The smallest absolute Gasteiger partial charge is 0.269 e. The standard InChI is InChI=1S/C18H22N2O4S/c1-2-3-4-5-9-25-17-12-15(21)11-16(19-18(17)22)13-7-6-8-14(10-13)20(23)24/h6-8,10,12,16H,2-5,9,11H2,1H3,(H,19,22). The quantitative estimate of drug-likeness (QED) is 0.430. The van der Waals surface area contributed by atoms with E-state index < -0.39 is 11.0 Å². The van der Waals surface area contributed by atoms with Crippen molar-refractivity contribution in [1.29, 1.82) is 0 Å². The zero-order valence-electron chi connectivity index (χ0n) is 14.2. The number of nitro benzene ring substituents is 1. The first kappa shape index (κ1) is 19.2. The van der Waals surface area contributed by atoms with Gasteiger partial charge < -0.3 is 5.32 Å². The molecule has 1 unspecified atom stereocenters. The Bertz CT molecular complexity index is 687. The number of rotatable bonds is 8. The summed E-state index contributed by atoms with van der Waals surface area (Å²) in [7, 11) is 0. The third-order valence-corrected chi connectivity index (χ3v) is 5.07. The molecule has 1 atom stereocenters. The van der Waals surface area contributed by atoms with Crippen LogP contribution in [0.4, 0.5) is 5.69 Å². The molecular weight excluding hydrogens is 340 g/mol. The molecule has 1 aromatic rings. The summed E-state index contributed by atoms with van der Waals surface area (Å²) < 4.78 is 0. The molecule has 7 heteroatoms. The number of hydrogen-bond donors (Lipinski definition) is 1. The molecule has 1 aromatic carbocycles. The van der Waals surface area contributed by atoms with E-state index in [0.717, 1.165) is 25.0 Å². The highest BCUT2D eigenvalue weighted by atomic mass is 32.2. The van der Waals surface area contributed by atoms with E-state index in [4.69, 9.17) is 0 Å². The zero-order valence-corrected chi connectivity index (χ0v) is 15.0. The van der Waals surface area contributed by atoms with Crippen LogP contribution in [-0.4, -0.2) is 22.4 Å². The molecule has 0 spiro atoms. The number of carbonyl (C=O) groups excluding carboxylic acids is 2. The molecule has 2 rings (SSSR count). The van der Waals surface area contributed by atoms with E-state index in [1.54, 1.807) is 12.1 Å². The van der Waals surface area contributed by atoms with E-state index in [2.05, 4.69) is 12.2 Å². The molecule has 0 aliphatic carbocycles. The number of benzene rings is 1. The molecule has 0 saturated carbocycles. The first-order valence-corrected chi connectivity index (χ1v) is 9.42. The maximum absolute atomic E-state index is 12.4. The summed E-state index contributed by atoms with van der Waals surface area (Å²) in [5.41, 5.74) is 0.514. The van der Waals surface area contributed by atoms with Gasteiger partial charge in [0, 0.05) is 24.6 Å². The molecule has 1 aliphatic heterocycles. The molecular formula is C18H22N2O4S. The maximum atomic E-state index is 12.4. The van der Waals surface area contributed by atoms with Crippen LogP contribution in [0.25, 0.3) is 0 Å². The van der Waals surface area contributed by atoms with Crippen LogP contribution in [0.5, 0.6) is 0 Å². The fraction of sp³-hybridized carbons (Fsp3) is 0.444. The van der Waals surface area contributed by atoms with Crippen LogP contribution in [0.15, 0.2) is 35.2 Å². The molecule has 0 saturated heterocycles. The predicted molar refractivity (Wildman–Crippen MR) is 98.3 cm³/mol. The lowest BCUT2D eigenvalue weighted by Crippen LogP contribution is -2.28. The van der Waals surface area contributed by atoms with Gasteiger partial charge in [-0.05, 0) is 17.7 Å². The van der Waals surface area contributed by atoms with Crippen LogP contribution in [0, 0.1) is 10.1 Å². The van der Waals surface area contributed by atoms with Crippen LogP contribution >= 0.6 is 11.8 Å². The van der Waals surface area contributed by atoms with E-state index in [0.29, 0.717) is 10.5 Å². The molecule has 25 heavy (non-hydrogen) atoms. The first-order chi connectivity index (χ1) is 12.0. The van der Waals surface area contributed by atoms with Crippen LogP contribution in [0.1, 0.15) is 50.6 Å². The number of carbonyl (C=O) groups is 2. The number of non-ortho nitro benzene ring substituents is 1. The van der Waals surface area contributed by atoms with Gasteiger partial charge >= 0.3 is 0 Å². The number of amides is 1. The van der Waals surface area contributed by atoms with Crippen molar-refractivity contribution in [1.82, 2.24) is 5.32 Å². The lowest BCUT2D eigenvalue weighted by atomic mass is 10.0. The second kappa shape index (κ2) is 9.36. The summed E-state index contributed by atoms with van der Waals surface area (Å²) in [6.45, 7) is 2.14. The van der Waals surface area contributed by atoms with Crippen LogP contribution in [0.2, 0.25) is 0 Å². The number of thioether (sulfide) groups is 1. The lowest BCUT2D eigenvalue weighted by Gasteiger charge is -2.16.